The Morgan fingerprint density at radius 2 is 1.94 bits per heavy atom. The van der Waals surface area contributed by atoms with Crippen LogP contribution >= 0.6 is 15.9 Å². The van der Waals surface area contributed by atoms with Gasteiger partial charge in [0.25, 0.3) is 5.89 Å². The van der Waals surface area contributed by atoms with Crippen molar-refractivity contribution >= 4 is 32.6 Å². The number of ketones is 1. The predicted molar refractivity (Wildman–Crippen MR) is 129 cm³/mol. The lowest BCUT2D eigenvalue weighted by atomic mass is 10.0. The van der Waals surface area contributed by atoms with Crippen molar-refractivity contribution in [1.82, 2.24) is 14.5 Å². The van der Waals surface area contributed by atoms with Gasteiger partial charge >= 0.3 is 0 Å². The van der Waals surface area contributed by atoms with Crippen LogP contribution in [0.15, 0.2) is 75.9 Å². The molecule has 2 aromatic carbocycles. The molecule has 8 heteroatoms. The maximum atomic E-state index is 14.3. The summed E-state index contributed by atoms with van der Waals surface area (Å²) in [7, 11) is 0. The molecular weight excluding hydrogens is 501 g/mol. The van der Waals surface area contributed by atoms with Gasteiger partial charge in [-0.15, -0.1) is 0 Å². The van der Waals surface area contributed by atoms with Crippen LogP contribution in [0.4, 0.5) is 4.39 Å². The number of hydrogen-bond donors (Lipinski definition) is 1. The minimum absolute atomic E-state index is 0.0110. The molecule has 0 fully saturated rings. The molecule has 0 amide bonds. The fraction of sp³-hybridized carbons (Fsp3) is 0.115. The van der Waals surface area contributed by atoms with Crippen molar-refractivity contribution in [3.05, 3.63) is 100.0 Å². The molecule has 0 unspecified atom stereocenters. The number of carbonyl (C=O) groups is 1. The van der Waals surface area contributed by atoms with Crippen LogP contribution in [-0.2, 0) is 13.0 Å². The van der Waals surface area contributed by atoms with Crippen LogP contribution in [-0.4, -0.2) is 25.4 Å². The van der Waals surface area contributed by atoms with Gasteiger partial charge in [0.15, 0.2) is 17.3 Å². The molecule has 0 spiro atoms. The molecule has 34 heavy (non-hydrogen) atoms. The predicted octanol–water partition coefficient (Wildman–Crippen LogP) is 6.08. The molecule has 0 saturated carbocycles. The molecule has 5 rings (SSSR count). The standard InChI is InChI=1S/C26H19BrFN3O3/c1-15-18(10-24(33)26-30-13-25(34-26)21-4-2-3-9-29-21)19-11-23(32)20(28)12-22(19)31(15)14-16-5-7-17(27)8-6-16/h2-9,11-13,32H,10,14H2,1H3. The smallest absolute Gasteiger partial charge is 0.264 e. The van der Waals surface area contributed by atoms with Gasteiger partial charge in [0.2, 0.25) is 5.78 Å². The zero-order valence-electron chi connectivity index (χ0n) is 18.1. The lowest BCUT2D eigenvalue weighted by Gasteiger charge is -2.09. The minimum atomic E-state index is -0.715. The number of benzene rings is 2. The number of phenols is 1. The number of phenolic OH excluding ortho intramolecular Hbond substituents is 1. The van der Waals surface area contributed by atoms with E-state index < -0.39 is 11.6 Å². The van der Waals surface area contributed by atoms with Gasteiger partial charge < -0.3 is 14.1 Å². The van der Waals surface area contributed by atoms with Crippen LogP contribution in [0.2, 0.25) is 0 Å². The number of pyridine rings is 1. The molecule has 0 aliphatic rings. The zero-order valence-corrected chi connectivity index (χ0v) is 19.7. The fourth-order valence-electron chi connectivity index (χ4n) is 4.02. The highest BCUT2D eigenvalue weighted by molar-refractivity contribution is 9.10. The zero-order chi connectivity index (χ0) is 23.8. The summed E-state index contributed by atoms with van der Waals surface area (Å²) < 4.78 is 22.9. The Labute approximate surface area is 202 Å². The average molecular weight is 520 g/mol. The Morgan fingerprint density at radius 1 is 1.15 bits per heavy atom. The average Bonchev–Trinajstić information content (AvgIpc) is 3.42. The largest absolute Gasteiger partial charge is 0.505 e. The molecular formula is C26H19BrFN3O3. The van der Waals surface area contributed by atoms with Gasteiger partial charge in [0, 0.05) is 40.8 Å². The van der Waals surface area contributed by atoms with E-state index in [1.807, 2.05) is 41.8 Å². The number of halogens is 2. The van der Waals surface area contributed by atoms with Crippen molar-refractivity contribution in [2.75, 3.05) is 0 Å². The molecule has 5 aromatic rings. The summed E-state index contributed by atoms with van der Waals surface area (Å²) in [4.78, 5) is 21.4. The van der Waals surface area contributed by atoms with E-state index in [2.05, 4.69) is 25.9 Å². The Bertz CT molecular complexity index is 1510. The topological polar surface area (TPSA) is 81.2 Å². The number of nitrogens with zero attached hydrogens (tertiary/aromatic N) is 3. The van der Waals surface area contributed by atoms with E-state index in [0.29, 0.717) is 34.5 Å². The van der Waals surface area contributed by atoms with E-state index in [4.69, 9.17) is 4.42 Å². The summed E-state index contributed by atoms with van der Waals surface area (Å²) in [5, 5.41) is 10.6. The first kappa shape index (κ1) is 22.0. The number of aromatic nitrogens is 3. The van der Waals surface area contributed by atoms with Crippen molar-refractivity contribution < 1.29 is 18.7 Å². The molecule has 0 aliphatic heterocycles. The second-order valence-electron chi connectivity index (χ2n) is 7.94. The normalized spacial score (nSPS) is 11.3. The highest BCUT2D eigenvalue weighted by Crippen LogP contribution is 2.33. The molecule has 6 nitrogen and oxygen atoms in total. The van der Waals surface area contributed by atoms with Crippen LogP contribution in [0, 0.1) is 12.7 Å². The van der Waals surface area contributed by atoms with E-state index in [-0.39, 0.29) is 18.1 Å². The van der Waals surface area contributed by atoms with Gasteiger partial charge in [-0.2, -0.15) is 0 Å². The van der Waals surface area contributed by atoms with Crippen molar-refractivity contribution in [1.29, 1.82) is 0 Å². The van der Waals surface area contributed by atoms with E-state index in [0.717, 1.165) is 15.7 Å². The van der Waals surface area contributed by atoms with E-state index in [9.17, 15) is 14.3 Å². The molecule has 0 saturated heterocycles. The number of hydrogen-bond acceptors (Lipinski definition) is 5. The van der Waals surface area contributed by atoms with Crippen molar-refractivity contribution in [2.45, 2.75) is 19.9 Å². The number of Topliss-reactive ketones (excluding diaryl/α,β-unsaturated/α-hetero) is 1. The first-order valence-corrected chi connectivity index (χ1v) is 11.3. The van der Waals surface area contributed by atoms with Crippen LogP contribution in [0.25, 0.3) is 22.4 Å². The maximum Gasteiger partial charge on any atom is 0.264 e. The van der Waals surface area contributed by atoms with E-state index in [1.54, 1.807) is 18.3 Å². The molecule has 0 radical (unpaired) electrons. The van der Waals surface area contributed by atoms with Gasteiger partial charge in [-0.05, 0) is 48.4 Å². The lowest BCUT2D eigenvalue weighted by molar-refractivity contribution is 0.0960. The first-order chi connectivity index (χ1) is 16.4. The van der Waals surface area contributed by atoms with Gasteiger partial charge in [0.05, 0.1) is 11.7 Å². The maximum absolute atomic E-state index is 14.3. The molecule has 1 N–H and O–H groups in total. The van der Waals surface area contributed by atoms with Crippen LogP contribution in [0.1, 0.15) is 27.5 Å². The van der Waals surface area contributed by atoms with Gasteiger partial charge in [-0.1, -0.05) is 34.1 Å². The summed E-state index contributed by atoms with van der Waals surface area (Å²) >= 11 is 3.43. The quantitative estimate of drug-likeness (QED) is 0.275. The second kappa shape index (κ2) is 8.87. The number of fused-ring (bicyclic) bond motifs is 1. The monoisotopic (exact) mass is 519 g/mol. The fourth-order valence-corrected chi connectivity index (χ4v) is 4.28. The number of aromatic hydroxyl groups is 1. The Morgan fingerprint density at radius 3 is 2.68 bits per heavy atom. The van der Waals surface area contributed by atoms with Crippen LogP contribution in [0.5, 0.6) is 5.75 Å². The number of carbonyl (C=O) groups excluding carboxylic acids is 1. The van der Waals surface area contributed by atoms with Crippen molar-refractivity contribution in [3.8, 4) is 17.2 Å². The van der Waals surface area contributed by atoms with Crippen LogP contribution < -0.4 is 0 Å². The Kier molecular flexibility index (Phi) is 5.75. The Hall–Kier alpha value is -3.78. The van der Waals surface area contributed by atoms with Crippen molar-refractivity contribution in [3.63, 3.8) is 0 Å². The van der Waals surface area contributed by atoms with Gasteiger partial charge in [-0.3, -0.25) is 9.78 Å². The van der Waals surface area contributed by atoms with E-state index >= 15 is 0 Å². The van der Waals surface area contributed by atoms with Crippen LogP contribution in [0.3, 0.4) is 0 Å². The molecule has 3 heterocycles. The minimum Gasteiger partial charge on any atom is -0.505 e. The lowest BCUT2D eigenvalue weighted by Crippen LogP contribution is -2.06. The Balaban J connectivity index is 1.52. The van der Waals surface area contributed by atoms with Gasteiger partial charge in [-0.25, -0.2) is 9.37 Å². The SMILES string of the molecule is Cc1c(CC(=O)c2ncc(-c3ccccn3)o2)c2cc(O)c(F)cc2n1Cc1ccc(Br)cc1. The third-order valence-corrected chi connectivity index (χ3v) is 6.30. The summed E-state index contributed by atoms with van der Waals surface area (Å²) in [6.45, 7) is 2.36. The summed E-state index contributed by atoms with van der Waals surface area (Å²) in [5.74, 6) is -1.13. The third kappa shape index (κ3) is 4.12. The number of rotatable bonds is 6. The van der Waals surface area contributed by atoms with Crippen molar-refractivity contribution in [2.24, 2.45) is 0 Å². The molecule has 3 aromatic heterocycles. The first-order valence-electron chi connectivity index (χ1n) is 10.6. The number of oxazole rings is 1. The molecule has 0 aliphatic carbocycles. The summed E-state index contributed by atoms with van der Waals surface area (Å²) in [6, 6.07) is 15.9. The molecule has 0 bridgehead atoms. The third-order valence-electron chi connectivity index (χ3n) is 5.78. The molecule has 170 valence electrons. The summed E-state index contributed by atoms with van der Waals surface area (Å²) in [5.41, 5.74) is 3.68. The highest BCUT2D eigenvalue weighted by Gasteiger charge is 2.22. The van der Waals surface area contributed by atoms with Gasteiger partial charge in [0.1, 0.15) is 5.69 Å². The summed E-state index contributed by atoms with van der Waals surface area (Å²) in [6.07, 6.45) is 3.10. The van der Waals surface area contributed by atoms with E-state index in [1.165, 1.54) is 18.3 Å². The second-order valence-corrected chi connectivity index (χ2v) is 8.86. The molecule has 0 atom stereocenters. The highest BCUT2D eigenvalue weighted by atomic mass is 79.9.